The predicted octanol–water partition coefficient (Wildman–Crippen LogP) is 5.26. The van der Waals surface area contributed by atoms with Crippen molar-refractivity contribution < 1.29 is 41.0 Å². The number of amides is 1. The molecule has 0 saturated carbocycles. The van der Waals surface area contributed by atoms with Gasteiger partial charge < -0.3 is 15.2 Å². The second-order valence-electron chi connectivity index (χ2n) is 5.23. The minimum absolute atomic E-state index is 0.0514. The molecule has 0 aromatic heterocycles. The van der Waals surface area contributed by atoms with Crippen molar-refractivity contribution in [2.45, 2.75) is 12.4 Å². The van der Waals surface area contributed by atoms with E-state index in [1.807, 2.05) is 5.32 Å². The van der Waals surface area contributed by atoms with E-state index in [0.29, 0.717) is 18.2 Å². The van der Waals surface area contributed by atoms with Gasteiger partial charge in [0, 0.05) is 5.02 Å². The summed E-state index contributed by atoms with van der Waals surface area (Å²) in [5.74, 6) is -2.25. The zero-order chi connectivity index (χ0) is 20.4. The Morgan fingerprint density at radius 2 is 1.74 bits per heavy atom. The molecule has 0 saturated heterocycles. The topological polar surface area (TPSA) is 58.6 Å². The number of alkyl halides is 6. The largest absolute Gasteiger partial charge is 0.507 e. The third kappa shape index (κ3) is 5.68. The molecule has 146 valence electrons. The fourth-order valence-electron chi connectivity index (χ4n) is 1.97. The van der Waals surface area contributed by atoms with Gasteiger partial charge in [-0.2, -0.15) is 26.3 Å². The van der Waals surface area contributed by atoms with Crippen molar-refractivity contribution in [3.8, 4) is 11.5 Å². The average molecular weight is 414 g/mol. The van der Waals surface area contributed by atoms with Gasteiger partial charge in [0.1, 0.15) is 11.5 Å². The highest BCUT2D eigenvalue weighted by molar-refractivity contribution is 6.31. The lowest BCUT2D eigenvalue weighted by atomic mass is 10.1. The molecule has 0 aliphatic rings. The quantitative estimate of drug-likeness (QED) is 0.672. The number of anilines is 1. The monoisotopic (exact) mass is 413 g/mol. The maximum atomic E-state index is 12.9. The molecular formula is C16H10ClF6NO3. The third-order valence-electron chi connectivity index (χ3n) is 3.15. The standard InChI is InChI=1S/C16H10ClF6NO3/c17-9-2-3-12(25)10(6-9)14(26)24-11-5-8(16(21,22)23)1-4-13(11)27-7-15(18,19)20/h1-6,25H,7H2,(H,24,26). The van der Waals surface area contributed by atoms with Crippen LogP contribution in [0.5, 0.6) is 11.5 Å². The molecule has 11 heteroatoms. The van der Waals surface area contributed by atoms with E-state index in [2.05, 4.69) is 4.74 Å². The Bertz CT molecular complexity index is 851. The number of nitrogens with one attached hydrogen (secondary N) is 1. The first-order valence-corrected chi connectivity index (χ1v) is 7.45. The lowest BCUT2D eigenvalue weighted by molar-refractivity contribution is -0.153. The van der Waals surface area contributed by atoms with Crippen molar-refractivity contribution in [2.24, 2.45) is 0 Å². The molecule has 2 rings (SSSR count). The summed E-state index contributed by atoms with van der Waals surface area (Å²) in [7, 11) is 0. The Morgan fingerprint density at radius 1 is 1.07 bits per heavy atom. The number of benzene rings is 2. The molecule has 0 fully saturated rings. The van der Waals surface area contributed by atoms with Gasteiger partial charge in [-0.25, -0.2) is 0 Å². The number of rotatable bonds is 4. The highest BCUT2D eigenvalue weighted by Gasteiger charge is 2.33. The number of hydrogen-bond donors (Lipinski definition) is 2. The molecule has 2 N–H and O–H groups in total. The highest BCUT2D eigenvalue weighted by atomic mass is 35.5. The van der Waals surface area contributed by atoms with Crippen LogP contribution in [0.15, 0.2) is 36.4 Å². The number of carbonyl (C=O) groups excluding carboxylic acids is 1. The van der Waals surface area contributed by atoms with Crippen molar-refractivity contribution >= 4 is 23.2 Å². The van der Waals surface area contributed by atoms with Gasteiger partial charge in [-0.3, -0.25) is 4.79 Å². The molecule has 0 aliphatic carbocycles. The molecule has 0 aliphatic heterocycles. The normalized spacial score (nSPS) is 12.0. The molecule has 2 aromatic carbocycles. The van der Waals surface area contributed by atoms with E-state index >= 15 is 0 Å². The number of aromatic hydroxyl groups is 1. The maximum Gasteiger partial charge on any atom is 0.422 e. The second kappa shape index (κ2) is 7.55. The molecule has 0 heterocycles. The van der Waals surface area contributed by atoms with E-state index in [0.717, 1.165) is 12.1 Å². The van der Waals surface area contributed by atoms with Gasteiger partial charge in [-0.15, -0.1) is 0 Å². The average Bonchev–Trinajstić information content (AvgIpc) is 2.54. The van der Waals surface area contributed by atoms with Crippen molar-refractivity contribution in [1.82, 2.24) is 0 Å². The summed E-state index contributed by atoms with van der Waals surface area (Å²) in [6.07, 6.45) is -9.55. The number of halogens is 7. The second-order valence-corrected chi connectivity index (χ2v) is 5.66. The minimum Gasteiger partial charge on any atom is -0.507 e. The Hall–Kier alpha value is -2.62. The number of hydrogen-bond acceptors (Lipinski definition) is 3. The molecule has 4 nitrogen and oxygen atoms in total. The summed E-state index contributed by atoms with van der Waals surface area (Å²) in [6, 6.07) is 4.96. The van der Waals surface area contributed by atoms with Crippen LogP contribution in [0.1, 0.15) is 15.9 Å². The molecule has 0 bridgehead atoms. The third-order valence-corrected chi connectivity index (χ3v) is 3.38. The van der Waals surface area contributed by atoms with Crippen LogP contribution in [0.3, 0.4) is 0 Å². The van der Waals surface area contributed by atoms with Crippen LogP contribution in [-0.4, -0.2) is 23.8 Å². The van der Waals surface area contributed by atoms with Crippen LogP contribution >= 0.6 is 11.6 Å². The van der Waals surface area contributed by atoms with Crippen molar-refractivity contribution in [1.29, 1.82) is 0 Å². The van der Waals surface area contributed by atoms with Gasteiger partial charge >= 0.3 is 12.4 Å². The van der Waals surface area contributed by atoms with E-state index in [-0.39, 0.29) is 10.6 Å². The first-order valence-electron chi connectivity index (χ1n) is 7.07. The minimum atomic E-state index is -4.81. The maximum absolute atomic E-state index is 12.9. The fraction of sp³-hybridized carbons (Fsp3) is 0.188. The van der Waals surface area contributed by atoms with Gasteiger partial charge in [0.25, 0.3) is 5.91 Å². The molecular weight excluding hydrogens is 404 g/mol. The van der Waals surface area contributed by atoms with E-state index in [4.69, 9.17) is 11.6 Å². The molecule has 0 atom stereocenters. The summed E-state index contributed by atoms with van der Waals surface area (Å²) in [4.78, 5) is 12.2. The zero-order valence-corrected chi connectivity index (χ0v) is 13.8. The van der Waals surface area contributed by atoms with Crippen molar-refractivity contribution in [2.75, 3.05) is 11.9 Å². The Labute approximate surface area is 153 Å². The molecule has 0 radical (unpaired) electrons. The van der Waals surface area contributed by atoms with Crippen LogP contribution in [0.2, 0.25) is 5.02 Å². The van der Waals surface area contributed by atoms with Gasteiger partial charge in [0.15, 0.2) is 6.61 Å². The van der Waals surface area contributed by atoms with E-state index < -0.39 is 47.6 Å². The SMILES string of the molecule is O=C(Nc1cc(C(F)(F)F)ccc1OCC(F)(F)F)c1cc(Cl)ccc1O. The van der Waals surface area contributed by atoms with Crippen LogP contribution in [-0.2, 0) is 6.18 Å². The molecule has 0 spiro atoms. The van der Waals surface area contributed by atoms with E-state index in [9.17, 15) is 36.2 Å². The summed E-state index contributed by atoms with van der Waals surface area (Å²) < 4.78 is 80.0. The van der Waals surface area contributed by atoms with Gasteiger partial charge in [-0.1, -0.05) is 11.6 Å². The van der Waals surface area contributed by atoms with Crippen molar-refractivity contribution in [3.05, 3.63) is 52.5 Å². The lowest BCUT2D eigenvalue weighted by Gasteiger charge is -2.16. The van der Waals surface area contributed by atoms with Gasteiger partial charge in [-0.05, 0) is 36.4 Å². The Balaban J connectivity index is 2.38. The number of ether oxygens (including phenoxy) is 1. The summed E-state index contributed by atoms with van der Waals surface area (Å²) >= 11 is 5.69. The summed E-state index contributed by atoms with van der Waals surface area (Å²) in [5, 5.41) is 11.7. The fourth-order valence-corrected chi connectivity index (χ4v) is 2.14. The number of phenols is 1. The predicted molar refractivity (Wildman–Crippen MR) is 84.1 cm³/mol. The van der Waals surface area contributed by atoms with Gasteiger partial charge in [0.05, 0.1) is 16.8 Å². The first kappa shape index (κ1) is 20.7. The van der Waals surface area contributed by atoms with E-state index in [1.54, 1.807) is 0 Å². The summed E-state index contributed by atoms with van der Waals surface area (Å²) in [6.45, 7) is -1.77. The molecule has 2 aromatic rings. The number of phenolic OH excluding ortho intramolecular Hbond substituents is 1. The van der Waals surface area contributed by atoms with Crippen LogP contribution in [0.4, 0.5) is 32.0 Å². The van der Waals surface area contributed by atoms with Crippen LogP contribution < -0.4 is 10.1 Å². The number of carbonyl (C=O) groups is 1. The Morgan fingerprint density at radius 3 is 2.33 bits per heavy atom. The molecule has 0 unspecified atom stereocenters. The lowest BCUT2D eigenvalue weighted by Crippen LogP contribution is -2.21. The van der Waals surface area contributed by atoms with Crippen LogP contribution in [0.25, 0.3) is 0 Å². The molecule has 1 amide bonds. The smallest absolute Gasteiger partial charge is 0.422 e. The van der Waals surface area contributed by atoms with Crippen molar-refractivity contribution in [3.63, 3.8) is 0 Å². The zero-order valence-electron chi connectivity index (χ0n) is 13.1. The van der Waals surface area contributed by atoms with Gasteiger partial charge in [0.2, 0.25) is 0 Å². The first-order chi connectivity index (χ1) is 12.4. The van der Waals surface area contributed by atoms with E-state index in [1.165, 1.54) is 6.07 Å². The summed E-state index contributed by atoms with van der Waals surface area (Å²) in [5.41, 5.74) is -2.26. The van der Waals surface area contributed by atoms with Crippen LogP contribution in [0, 0.1) is 0 Å². The Kier molecular flexibility index (Phi) is 5.79. The molecule has 27 heavy (non-hydrogen) atoms. The highest BCUT2D eigenvalue weighted by Crippen LogP contribution is 2.36.